The van der Waals surface area contributed by atoms with Crippen molar-refractivity contribution in [2.24, 2.45) is 0 Å². The van der Waals surface area contributed by atoms with Gasteiger partial charge in [-0.3, -0.25) is 4.79 Å². The standard InChI is InChI=1S/C18H16O6/c1-3-22-14-10-13-16(17(20)18(14)21-2)12(19)9-15(24-13)23-11-7-5-4-6-8-11/h4-10,20H,3H2,1-2H3. The first-order chi connectivity index (χ1) is 11.6. The third-order valence-electron chi connectivity index (χ3n) is 3.36. The van der Waals surface area contributed by atoms with Crippen molar-refractivity contribution in [1.82, 2.24) is 0 Å². The lowest BCUT2D eigenvalue weighted by Crippen LogP contribution is -2.03. The number of benzene rings is 2. The molecule has 0 saturated carbocycles. The molecule has 0 fully saturated rings. The molecule has 1 aromatic heterocycles. The Morgan fingerprint density at radius 2 is 1.92 bits per heavy atom. The van der Waals surface area contributed by atoms with Crippen LogP contribution in [0.25, 0.3) is 11.0 Å². The molecule has 0 radical (unpaired) electrons. The highest BCUT2D eigenvalue weighted by Crippen LogP contribution is 2.42. The van der Waals surface area contributed by atoms with Crippen LogP contribution in [-0.2, 0) is 0 Å². The molecule has 3 aromatic rings. The van der Waals surface area contributed by atoms with Crippen LogP contribution in [0.5, 0.6) is 28.9 Å². The predicted octanol–water partition coefficient (Wildman–Crippen LogP) is 3.70. The fraction of sp³-hybridized carbons (Fsp3) is 0.167. The minimum Gasteiger partial charge on any atom is -0.504 e. The van der Waals surface area contributed by atoms with Gasteiger partial charge in [0, 0.05) is 6.07 Å². The van der Waals surface area contributed by atoms with E-state index in [0.717, 1.165) is 0 Å². The third kappa shape index (κ3) is 2.86. The first kappa shape index (κ1) is 15.7. The van der Waals surface area contributed by atoms with E-state index in [9.17, 15) is 9.90 Å². The molecular formula is C18H16O6. The highest BCUT2D eigenvalue weighted by molar-refractivity contribution is 5.88. The second kappa shape index (κ2) is 6.54. The molecule has 0 bridgehead atoms. The monoisotopic (exact) mass is 328 g/mol. The average Bonchev–Trinajstić information content (AvgIpc) is 2.56. The zero-order chi connectivity index (χ0) is 17.1. The molecule has 0 aliphatic heterocycles. The van der Waals surface area contributed by atoms with Gasteiger partial charge in [0.05, 0.1) is 19.8 Å². The van der Waals surface area contributed by atoms with E-state index in [1.54, 1.807) is 31.2 Å². The second-order valence-corrected chi connectivity index (χ2v) is 4.91. The Morgan fingerprint density at radius 1 is 1.17 bits per heavy atom. The molecule has 0 unspecified atom stereocenters. The van der Waals surface area contributed by atoms with Crippen LogP contribution in [0, 0.1) is 0 Å². The van der Waals surface area contributed by atoms with E-state index >= 15 is 0 Å². The van der Waals surface area contributed by atoms with Crippen molar-refractivity contribution in [2.45, 2.75) is 6.92 Å². The minimum atomic E-state index is -0.443. The topological polar surface area (TPSA) is 78.1 Å². The van der Waals surface area contributed by atoms with Crippen LogP contribution in [0.1, 0.15) is 6.92 Å². The van der Waals surface area contributed by atoms with E-state index in [1.807, 2.05) is 6.07 Å². The summed E-state index contributed by atoms with van der Waals surface area (Å²) in [4.78, 5) is 12.4. The fourth-order valence-corrected chi connectivity index (χ4v) is 2.35. The molecule has 0 saturated heterocycles. The van der Waals surface area contributed by atoms with Gasteiger partial charge in [0.2, 0.25) is 11.2 Å². The summed E-state index contributed by atoms with van der Waals surface area (Å²) in [6, 6.07) is 11.6. The van der Waals surface area contributed by atoms with Gasteiger partial charge in [-0.25, -0.2) is 0 Å². The lowest BCUT2D eigenvalue weighted by atomic mass is 10.2. The van der Waals surface area contributed by atoms with Crippen LogP contribution in [-0.4, -0.2) is 18.8 Å². The summed E-state index contributed by atoms with van der Waals surface area (Å²) < 4.78 is 21.7. The van der Waals surface area contributed by atoms with Crippen molar-refractivity contribution in [3.8, 4) is 28.9 Å². The molecule has 6 heteroatoms. The molecule has 124 valence electrons. The number of phenols is 1. The second-order valence-electron chi connectivity index (χ2n) is 4.91. The maximum atomic E-state index is 12.4. The molecular weight excluding hydrogens is 312 g/mol. The highest BCUT2D eigenvalue weighted by atomic mass is 16.6. The Kier molecular flexibility index (Phi) is 4.29. The molecule has 0 aliphatic rings. The number of hydrogen-bond donors (Lipinski definition) is 1. The molecule has 0 spiro atoms. The van der Waals surface area contributed by atoms with Crippen molar-refractivity contribution in [2.75, 3.05) is 13.7 Å². The van der Waals surface area contributed by atoms with Crippen molar-refractivity contribution in [3.05, 3.63) is 52.7 Å². The number of phenolic OH excluding ortho intramolecular Hbond substituents is 1. The smallest absolute Gasteiger partial charge is 0.294 e. The van der Waals surface area contributed by atoms with Crippen molar-refractivity contribution < 1.29 is 23.7 Å². The Labute approximate surface area is 137 Å². The van der Waals surface area contributed by atoms with Gasteiger partial charge in [-0.1, -0.05) is 18.2 Å². The molecule has 0 atom stereocenters. The summed E-state index contributed by atoms with van der Waals surface area (Å²) in [5, 5.41) is 10.3. The molecule has 1 N–H and O–H groups in total. The van der Waals surface area contributed by atoms with E-state index < -0.39 is 5.43 Å². The number of fused-ring (bicyclic) bond motifs is 1. The van der Waals surface area contributed by atoms with Crippen LogP contribution >= 0.6 is 0 Å². The number of para-hydroxylation sites is 1. The molecule has 6 nitrogen and oxygen atoms in total. The van der Waals surface area contributed by atoms with Crippen LogP contribution in [0.15, 0.2) is 51.7 Å². The highest BCUT2D eigenvalue weighted by Gasteiger charge is 2.19. The summed E-state index contributed by atoms with van der Waals surface area (Å²) in [6.07, 6.45) is 0. The molecule has 2 aromatic carbocycles. The van der Waals surface area contributed by atoms with Crippen LogP contribution in [0.3, 0.4) is 0 Å². The predicted molar refractivity (Wildman–Crippen MR) is 88.4 cm³/mol. The lowest BCUT2D eigenvalue weighted by Gasteiger charge is -2.13. The minimum absolute atomic E-state index is 0.00992. The maximum absolute atomic E-state index is 12.4. The summed E-state index contributed by atoms with van der Waals surface area (Å²) in [5.41, 5.74) is -0.295. The van der Waals surface area contributed by atoms with E-state index in [4.69, 9.17) is 18.6 Å². The van der Waals surface area contributed by atoms with E-state index in [0.29, 0.717) is 12.4 Å². The van der Waals surface area contributed by atoms with Gasteiger partial charge < -0.3 is 23.7 Å². The number of aromatic hydroxyl groups is 1. The zero-order valence-electron chi connectivity index (χ0n) is 13.2. The van der Waals surface area contributed by atoms with Gasteiger partial charge in [-0.05, 0) is 19.1 Å². The summed E-state index contributed by atoms with van der Waals surface area (Å²) in [5.74, 6) is 0.602. The van der Waals surface area contributed by atoms with Crippen LogP contribution in [0.2, 0.25) is 0 Å². The number of rotatable bonds is 5. The SMILES string of the molecule is CCOc1cc2oc(Oc3ccccc3)cc(=O)c2c(O)c1OC. The van der Waals surface area contributed by atoms with E-state index in [2.05, 4.69) is 0 Å². The molecule has 0 amide bonds. The molecule has 1 heterocycles. The largest absolute Gasteiger partial charge is 0.504 e. The number of methoxy groups -OCH3 is 1. The Morgan fingerprint density at radius 3 is 2.58 bits per heavy atom. The molecule has 24 heavy (non-hydrogen) atoms. The van der Waals surface area contributed by atoms with Gasteiger partial charge >= 0.3 is 0 Å². The zero-order valence-corrected chi connectivity index (χ0v) is 13.2. The van der Waals surface area contributed by atoms with Crippen LogP contribution < -0.4 is 19.6 Å². The fourth-order valence-electron chi connectivity index (χ4n) is 2.35. The van der Waals surface area contributed by atoms with E-state index in [1.165, 1.54) is 19.2 Å². The Bertz CT molecular complexity index is 914. The van der Waals surface area contributed by atoms with Gasteiger partial charge in [-0.15, -0.1) is 0 Å². The van der Waals surface area contributed by atoms with Gasteiger partial charge in [0.25, 0.3) is 5.95 Å². The van der Waals surface area contributed by atoms with Gasteiger partial charge in [-0.2, -0.15) is 0 Å². The molecule has 0 aliphatic carbocycles. The summed E-state index contributed by atoms with van der Waals surface area (Å²) in [6.45, 7) is 2.16. The van der Waals surface area contributed by atoms with Crippen LogP contribution in [0.4, 0.5) is 0 Å². The number of hydrogen-bond acceptors (Lipinski definition) is 6. The van der Waals surface area contributed by atoms with Crippen molar-refractivity contribution in [1.29, 1.82) is 0 Å². The Hall–Kier alpha value is -3.15. The Balaban J connectivity index is 2.15. The molecule has 3 rings (SSSR count). The first-order valence-corrected chi connectivity index (χ1v) is 7.37. The third-order valence-corrected chi connectivity index (χ3v) is 3.36. The van der Waals surface area contributed by atoms with Gasteiger partial charge in [0.15, 0.2) is 11.5 Å². The van der Waals surface area contributed by atoms with Crippen molar-refractivity contribution in [3.63, 3.8) is 0 Å². The van der Waals surface area contributed by atoms with E-state index in [-0.39, 0.29) is 34.2 Å². The number of ether oxygens (including phenoxy) is 3. The summed E-state index contributed by atoms with van der Waals surface area (Å²) in [7, 11) is 1.39. The lowest BCUT2D eigenvalue weighted by molar-refractivity contribution is 0.300. The van der Waals surface area contributed by atoms with Gasteiger partial charge in [0.1, 0.15) is 16.7 Å². The summed E-state index contributed by atoms with van der Waals surface area (Å²) >= 11 is 0. The normalized spacial score (nSPS) is 10.6. The average molecular weight is 328 g/mol. The maximum Gasteiger partial charge on any atom is 0.294 e. The van der Waals surface area contributed by atoms with Crippen molar-refractivity contribution >= 4 is 11.0 Å². The quantitative estimate of drug-likeness (QED) is 0.769. The first-order valence-electron chi connectivity index (χ1n) is 7.37.